The molecule has 0 fully saturated rings. The quantitative estimate of drug-likeness (QED) is 0.624. The van der Waals surface area contributed by atoms with E-state index >= 15 is 0 Å². The second-order valence-electron chi connectivity index (χ2n) is 2.24. The molecule has 2 heteroatoms. The monoisotopic (exact) mass is 161 g/mol. The van der Waals surface area contributed by atoms with Crippen LogP contribution in [-0.4, -0.2) is 13.7 Å². The normalized spacial score (nSPS) is 8.50. The van der Waals surface area contributed by atoms with Crippen LogP contribution >= 0.6 is 0 Å². The lowest BCUT2D eigenvalue weighted by Gasteiger charge is -1.97. The van der Waals surface area contributed by atoms with E-state index in [0.29, 0.717) is 6.54 Å². The molecular weight excluding hydrogens is 150 g/mol. The summed E-state index contributed by atoms with van der Waals surface area (Å²) in [4.78, 5) is 0. The fourth-order valence-electron chi connectivity index (χ4n) is 0.854. The van der Waals surface area contributed by atoms with E-state index in [9.17, 15) is 0 Å². The Balaban J connectivity index is 2.86. The Morgan fingerprint density at radius 1 is 1.50 bits per heavy atom. The van der Waals surface area contributed by atoms with E-state index in [1.807, 2.05) is 24.3 Å². The molecule has 0 bridgehead atoms. The topological polar surface area (TPSA) is 35.2 Å². The number of nitrogens with two attached hydrogens (primary N) is 1. The van der Waals surface area contributed by atoms with Crippen molar-refractivity contribution in [2.24, 2.45) is 5.73 Å². The van der Waals surface area contributed by atoms with Crippen molar-refractivity contribution in [3.05, 3.63) is 29.8 Å². The Hall–Kier alpha value is -1.46. The van der Waals surface area contributed by atoms with Gasteiger partial charge in [-0.2, -0.15) is 0 Å². The van der Waals surface area contributed by atoms with Crippen LogP contribution in [0.25, 0.3) is 0 Å². The predicted molar refractivity (Wildman–Crippen MR) is 48.9 cm³/mol. The summed E-state index contributed by atoms with van der Waals surface area (Å²) in [5.74, 6) is 6.52. The van der Waals surface area contributed by atoms with Gasteiger partial charge in [0.25, 0.3) is 0 Å². The summed E-state index contributed by atoms with van der Waals surface area (Å²) < 4.78 is 5.04. The van der Waals surface area contributed by atoms with Crippen LogP contribution in [0.4, 0.5) is 0 Å². The second-order valence-corrected chi connectivity index (χ2v) is 2.24. The van der Waals surface area contributed by atoms with Crippen molar-refractivity contribution in [2.75, 3.05) is 13.7 Å². The van der Waals surface area contributed by atoms with E-state index in [-0.39, 0.29) is 0 Å². The Labute approximate surface area is 72.3 Å². The van der Waals surface area contributed by atoms with Crippen LogP contribution in [0, 0.1) is 11.8 Å². The molecule has 1 aromatic rings. The van der Waals surface area contributed by atoms with Crippen molar-refractivity contribution < 1.29 is 4.74 Å². The fourth-order valence-corrected chi connectivity index (χ4v) is 0.854. The standard InChI is InChI=1S/C10H11NO/c1-12-10-6-2-4-9(8-10)5-3-7-11/h2,4,6,8H,7,11H2,1H3. The van der Waals surface area contributed by atoms with Crippen molar-refractivity contribution in [3.63, 3.8) is 0 Å². The zero-order chi connectivity index (χ0) is 8.81. The van der Waals surface area contributed by atoms with Crippen LogP contribution in [0.1, 0.15) is 5.56 Å². The molecule has 1 rings (SSSR count). The average Bonchev–Trinajstić information content (AvgIpc) is 2.15. The lowest BCUT2D eigenvalue weighted by molar-refractivity contribution is 0.414. The van der Waals surface area contributed by atoms with E-state index in [0.717, 1.165) is 11.3 Å². The Morgan fingerprint density at radius 3 is 3.00 bits per heavy atom. The molecule has 0 aromatic heterocycles. The van der Waals surface area contributed by atoms with Gasteiger partial charge in [-0.05, 0) is 18.2 Å². The molecule has 0 heterocycles. The molecule has 1 aromatic carbocycles. The highest BCUT2D eigenvalue weighted by Gasteiger charge is 1.89. The van der Waals surface area contributed by atoms with Crippen LogP contribution in [-0.2, 0) is 0 Å². The Bertz CT molecular complexity index is 309. The van der Waals surface area contributed by atoms with Crippen LogP contribution < -0.4 is 10.5 Å². The highest BCUT2D eigenvalue weighted by atomic mass is 16.5. The lowest BCUT2D eigenvalue weighted by atomic mass is 10.2. The van der Waals surface area contributed by atoms with Gasteiger partial charge in [0.1, 0.15) is 5.75 Å². The molecule has 0 radical (unpaired) electrons. The van der Waals surface area contributed by atoms with E-state index in [4.69, 9.17) is 10.5 Å². The molecular formula is C10H11NO. The van der Waals surface area contributed by atoms with Crippen molar-refractivity contribution in [1.82, 2.24) is 0 Å². The van der Waals surface area contributed by atoms with E-state index in [1.54, 1.807) is 7.11 Å². The largest absolute Gasteiger partial charge is 0.497 e. The van der Waals surface area contributed by atoms with Crippen LogP contribution in [0.2, 0.25) is 0 Å². The van der Waals surface area contributed by atoms with E-state index < -0.39 is 0 Å². The van der Waals surface area contributed by atoms with Gasteiger partial charge in [0.05, 0.1) is 13.7 Å². The molecule has 0 saturated carbocycles. The number of benzene rings is 1. The Morgan fingerprint density at radius 2 is 2.33 bits per heavy atom. The summed E-state index contributed by atoms with van der Waals surface area (Å²) in [7, 11) is 1.63. The lowest BCUT2D eigenvalue weighted by Crippen LogP contribution is -1.93. The molecule has 0 aliphatic heterocycles. The van der Waals surface area contributed by atoms with Gasteiger partial charge in [0.2, 0.25) is 0 Å². The first-order chi connectivity index (χ1) is 5.86. The van der Waals surface area contributed by atoms with Gasteiger partial charge in [0, 0.05) is 5.56 Å². The predicted octanol–water partition coefficient (Wildman–Crippen LogP) is 1.01. The van der Waals surface area contributed by atoms with Gasteiger partial charge >= 0.3 is 0 Å². The van der Waals surface area contributed by atoms with Gasteiger partial charge in [-0.3, -0.25) is 0 Å². The minimum Gasteiger partial charge on any atom is -0.497 e. The maximum Gasteiger partial charge on any atom is 0.120 e. The van der Waals surface area contributed by atoms with Crippen LogP contribution in [0.3, 0.4) is 0 Å². The SMILES string of the molecule is COc1cccc(C#CCN)c1. The van der Waals surface area contributed by atoms with Gasteiger partial charge in [-0.25, -0.2) is 0 Å². The first kappa shape index (κ1) is 8.63. The highest BCUT2D eigenvalue weighted by molar-refractivity contribution is 5.39. The maximum absolute atomic E-state index is 5.24. The molecule has 0 aliphatic rings. The summed E-state index contributed by atoms with van der Waals surface area (Å²) >= 11 is 0. The summed E-state index contributed by atoms with van der Waals surface area (Å²) in [5, 5.41) is 0. The van der Waals surface area contributed by atoms with Crippen LogP contribution in [0.5, 0.6) is 5.75 Å². The zero-order valence-electron chi connectivity index (χ0n) is 7.00. The minimum atomic E-state index is 0.386. The van der Waals surface area contributed by atoms with Gasteiger partial charge < -0.3 is 10.5 Å². The molecule has 2 N–H and O–H groups in total. The van der Waals surface area contributed by atoms with Gasteiger partial charge in [-0.1, -0.05) is 17.9 Å². The van der Waals surface area contributed by atoms with Gasteiger partial charge in [-0.15, -0.1) is 0 Å². The van der Waals surface area contributed by atoms with E-state index in [2.05, 4.69) is 11.8 Å². The molecule has 0 atom stereocenters. The zero-order valence-corrected chi connectivity index (χ0v) is 7.00. The summed E-state index contributed by atoms with van der Waals surface area (Å²) in [6, 6.07) is 7.58. The molecule has 0 spiro atoms. The van der Waals surface area contributed by atoms with Crippen molar-refractivity contribution in [2.45, 2.75) is 0 Å². The summed E-state index contributed by atoms with van der Waals surface area (Å²) in [5.41, 5.74) is 6.17. The van der Waals surface area contributed by atoms with Gasteiger partial charge in [0.15, 0.2) is 0 Å². The smallest absolute Gasteiger partial charge is 0.120 e. The summed E-state index contributed by atoms with van der Waals surface area (Å²) in [6.07, 6.45) is 0. The molecule has 0 saturated heterocycles. The third kappa shape index (κ3) is 2.30. The maximum atomic E-state index is 5.24. The number of methoxy groups -OCH3 is 1. The molecule has 0 amide bonds. The van der Waals surface area contributed by atoms with Crippen molar-refractivity contribution in [3.8, 4) is 17.6 Å². The number of hydrogen-bond acceptors (Lipinski definition) is 2. The molecule has 12 heavy (non-hydrogen) atoms. The number of hydrogen-bond donors (Lipinski definition) is 1. The molecule has 0 unspecified atom stereocenters. The average molecular weight is 161 g/mol. The first-order valence-corrected chi connectivity index (χ1v) is 3.70. The highest BCUT2D eigenvalue weighted by Crippen LogP contribution is 2.10. The first-order valence-electron chi connectivity index (χ1n) is 3.70. The van der Waals surface area contributed by atoms with E-state index in [1.165, 1.54) is 0 Å². The number of rotatable bonds is 1. The summed E-state index contributed by atoms with van der Waals surface area (Å²) in [6.45, 7) is 0.386. The third-order valence-corrected chi connectivity index (χ3v) is 1.40. The molecule has 0 aliphatic carbocycles. The fraction of sp³-hybridized carbons (Fsp3) is 0.200. The number of ether oxygens (including phenoxy) is 1. The third-order valence-electron chi connectivity index (χ3n) is 1.40. The molecule has 62 valence electrons. The second kappa shape index (κ2) is 4.42. The Kier molecular flexibility index (Phi) is 3.18. The minimum absolute atomic E-state index is 0.386. The van der Waals surface area contributed by atoms with Crippen molar-refractivity contribution in [1.29, 1.82) is 0 Å². The molecule has 2 nitrogen and oxygen atoms in total. The van der Waals surface area contributed by atoms with Crippen molar-refractivity contribution >= 4 is 0 Å². The van der Waals surface area contributed by atoms with Crippen LogP contribution in [0.15, 0.2) is 24.3 Å².